The minimum atomic E-state index is -0.465. The Bertz CT molecular complexity index is 441. The molecule has 3 aliphatic heterocycles. The van der Waals surface area contributed by atoms with E-state index in [-0.39, 0.29) is 24.1 Å². The fraction of sp³-hybridized carbons (Fsp3) is 0.867. The predicted octanol–water partition coefficient (Wildman–Crippen LogP) is 0.396. The number of hydrogen-bond donors (Lipinski definition) is 2. The van der Waals surface area contributed by atoms with Gasteiger partial charge in [-0.2, -0.15) is 5.06 Å². The van der Waals surface area contributed by atoms with E-state index in [0.29, 0.717) is 19.6 Å². The summed E-state index contributed by atoms with van der Waals surface area (Å²) in [6, 6.07) is -0.609. The highest BCUT2D eigenvalue weighted by Gasteiger charge is 2.48. The summed E-state index contributed by atoms with van der Waals surface area (Å²) in [6.45, 7) is 4.82. The smallest absolute Gasteiger partial charge is 0.314 e. The SMILES string of the molecule is CCCCON1C(=O)N2C[C@@H]1CC[C@H]2C(=O)NO[C@H]1CCNC1. The molecule has 3 amide bonds. The number of hydrogen-bond acceptors (Lipinski definition) is 5. The van der Waals surface area contributed by atoms with Crippen LogP contribution in [-0.4, -0.2) is 66.3 Å². The minimum Gasteiger partial charge on any atom is -0.314 e. The molecular weight excluding hydrogens is 300 g/mol. The number of nitrogens with zero attached hydrogens (tertiary/aromatic N) is 2. The summed E-state index contributed by atoms with van der Waals surface area (Å²) >= 11 is 0. The summed E-state index contributed by atoms with van der Waals surface area (Å²) in [4.78, 5) is 37.4. The van der Waals surface area contributed by atoms with Crippen molar-refractivity contribution in [2.45, 2.75) is 57.2 Å². The van der Waals surface area contributed by atoms with Gasteiger partial charge in [0.2, 0.25) is 0 Å². The molecule has 0 radical (unpaired) electrons. The number of piperidine rings is 1. The molecule has 3 rings (SSSR count). The fourth-order valence-corrected chi connectivity index (χ4v) is 3.32. The van der Waals surface area contributed by atoms with Crippen molar-refractivity contribution in [2.75, 3.05) is 26.2 Å². The molecule has 0 spiro atoms. The van der Waals surface area contributed by atoms with Gasteiger partial charge in [-0.25, -0.2) is 10.3 Å². The topological polar surface area (TPSA) is 83.1 Å². The molecule has 2 N–H and O–H groups in total. The molecule has 23 heavy (non-hydrogen) atoms. The van der Waals surface area contributed by atoms with E-state index in [9.17, 15) is 9.59 Å². The summed E-state index contributed by atoms with van der Waals surface area (Å²) in [5.41, 5.74) is 2.53. The summed E-state index contributed by atoms with van der Waals surface area (Å²) < 4.78 is 0. The maximum Gasteiger partial charge on any atom is 0.345 e. The van der Waals surface area contributed by atoms with Gasteiger partial charge in [0, 0.05) is 13.1 Å². The number of amides is 3. The van der Waals surface area contributed by atoms with Gasteiger partial charge in [0.05, 0.1) is 18.8 Å². The van der Waals surface area contributed by atoms with Crippen molar-refractivity contribution >= 4 is 11.9 Å². The molecule has 3 atom stereocenters. The zero-order valence-electron chi connectivity index (χ0n) is 13.6. The molecule has 3 aliphatic rings. The number of carbonyl (C=O) groups excluding carboxylic acids is 2. The van der Waals surface area contributed by atoms with E-state index in [4.69, 9.17) is 9.68 Å². The summed E-state index contributed by atoms with van der Waals surface area (Å²) in [6.07, 6.45) is 4.26. The number of nitrogens with one attached hydrogen (secondary N) is 2. The lowest BCUT2D eigenvalue weighted by Gasteiger charge is -2.29. The van der Waals surface area contributed by atoms with E-state index >= 15 is 0 Å². The molecule has 0 saturated carbocycles. The average Bonchev–Trinajstić information content (AvgIpc) is 3.16. The molecular formula is C15H26N4O4. The zero-order chi connectivity index (χ0) is 16.2. The normalized spacial score (nSPS) is 30.1. The average molecular weight is 326 g/mol. The molecule has 3 heterocycles. The van der Waals surface area contributed by atoms with Crippen molar-refractivity contribution in [3.63, 3.8) is 0 Å². The highest BCUT2D eigenvalue weighted by molar-refractivity contribution is 5.88. The van der Waals surface area contributed by atoms with Crippen molar-refractivity contribution in [1.82, 2.24) is 20.8 Å². The van der Waals surface area contributed by atoms with Crippen molar-refractivity contribution in [3.8, 4) is 0 Å². The molecule has 0 aromatic heterocycles. The highest BCUT2D eigenvalue weighted by atomic mass is 16.7. The van der Waals surface area contributed by atoms with Crippen LogP contribution >= 0.6 is 0 Å². The Balaban J connectivity index is 1.52. The summed E-state index contributed by atoms with van der Waals surface area (Å²) in [5, 5.41) is 4.64. The largest absolute Gasteiger partial charge is 0.345 e. The van der Waals surface area contributed by atoms with Gasteiger partial charge in [0.25, 0.3) is 5.91 Å². The van der Waals surface area contributed by atoms with E-state index in [2.05, 4.69) is 17.7 Å². The van der Waals surface area contributed by atoms with E-state index in [1.54, 1.807) is 4.90 Å². The molecule has 130 valence electrons. The molecule has 3 saturated heterocycles. The van der Waals surface area contributed by atoms with Crippen LogP contribution in [0.5, 0.6) is 0 Å². The second-order valence-electron chi connectivity index (χ2n) is 6.39. The van der Waals surface area contributed by atoms with Gasteiger partial charge >= 0.3 is 6.03 Å². The van der Waals surface area contributed by atoms with Crippen molar-refractivity contribution in [1.29, 1.82) is 0 Å². The Kier molecular flexibility index (Phi) is 5.34. The van der Waals surface area contributed by atoms with Crippen molar-refractivity contribution < 1.29 is 19.3 Å². The van der Waals surface area contributed by atoms with Crippen LogP contribution in [0.1, 0.15) is 39.0 Å². The second-order valence-corrected chi connectivity index (χ2v) is 6.39. The number of fused-ring (bicyclic) bond motifs is 2. The van der Waals surface area contributed by atoms with Gasteiger partial charge < -0.3 is 10.2 Å². The first-order valence-electron chi connectivity index (χ1n) is 8.59. The fourth-order valence-electron chi connectivity index (χ4n) is 3.32. The third-order valence-electron chi connectivity index (χ3n) is 4.70. The quantitative estimate of drug-likeness (QED) is 0.523. The minimum absolute atomic E-state index is 0.0124. The van der Waals surface area contributed by atoms with Crippen molar-refractivity contribution in [3.05, 3.63) is 0 Å². The molecule has 3 fully saturated rings. The van der Waals surface area contributed by atoms with E-state index in [0.717, 1.165) is 38.8 Å². The van der Waals surface area contributed by atoms with Crippen LogP contribution in [0.2, 0.25) is 0 Å². The zero-order valence-corrected chi connectivity index (χ0v) is 13.6. The van der Waals surface area contributed by atoms with Crippen LogP contribution in [0.15, 0.2) is 0 Å². The maximum absolute atomic E-state index is 12.5. The number of rotatable bonds is 7. The number of urea groups is 1. The van der Waals surface area contributed by atoms with Crippen LogP contribution in [0, 0.1) is 0 Å². The van der Waals surface area contributed by atoms with Gasteiger partial charge in [0.1, 0.15) is 6.04 Å². The lowest BCUT2D eigenvalue weighted by atomic mass is 10.0. The molecule has 0 unspecified atom stereocenters. The molecule has 0 aromatic rings. The second kappa shape index (κ2) is 7.46. The highest BCUT2D eigenvalue weighted by Crippen LogP contribution is 2.30. The van der Waals surface area contributed by atoms with Crippen LogP contribution in [-0.2, 0) is 14.5 Å². The maximum atomic E-state index is 12.5. The third-order valence-corrected chi connectivity index (χ3v) is 4.70. The van der Waals surface area contributed by atoms with Crippen molar-refractivity contribution in [2.24, 2.45) is 0 Å². The summed E-state index contributed by atoms with van der Waals surface area (Å²) in [7, 11) is 0. The van der Waals surface area contributed by atoms with E-state index in [1.165, 1.54) is 5.06 Å². The first kappa shape index (κ1) is 16.5. The first-order valence-corrected chi connectivity index (χ1v) is 8.59. The van der Waals surface area contributed by atoms with Crippen LogP contribution in [0.3, 0.4) is 0 Å². The molecule has 8 heteroatoms. The monoisotopic (exact) mass is 326 g/mol. The molecule has 8 nitrogen and oxygen atoms in total. The van der Waals surface area contributed by atoms with Gasteiger partial charge in [0.15, 0.2) is 0 Å². The van der Waals surface area contributed by atoms with Crippen LogP contribution in [0.4, 0.5) is 4.79 Å². The lowest BCUT2D eigenvalue weighted by molar-refractivity contribution is -0.143. The third kappa shape index (κ3) is 3.59. The van der Waals surface area contributed by atoms with Gasteiger partial charge in [-0.1, -0.05) is 13.3 Å². The van der Waals surface area contributed by atoms with Crippen LogP contribution in [0.25, 0.3) is 0 Å². The molecule has 0 aliphatic carbocycles. The molecule has 2 bridgehead atoms. The Labute approximate surface area is 136 Å². The van der Waals surface area contributed by atoms with E-state index < -0.39 is 6.04 Å². The van der Waals surface area contributed by atoms with E-state index in [1.807, 2.05) is 0 Å². The Morgan fingerprint density at radius 3 is 3.00 bits per heavy atom. The molecule has 0 aromatic carbocycles. The van der Waals surface area contributed by atoms with Gasteiger partial charge in [-0.15, -0.1) is 0 Å². The Hall–Kier alpha value is -1.38. The van der Waals surface area contributed by atoms with Gasteiger partial charge in [-0.3, -0.25) is 14.5 Å². The Morgan fingerprint density at radius 2 is 2.26 bits per heavy atom. The number of carbonyl (C=O) groups is 2. The predicted molar refractivity (Wildman–Crippen MR) is 82.1 cm³/mol. The number of unbranched alkanes of at least 4 members (excludes halogenated alkanes) is 1. The lowest BCUT2D eigenvalue weighted by Crippen LogP contribution is -2.50. The van der Waals surface area contributed by atoms with Gasteiger partial charge in [-0.05, 0) is 32.2 Å². The number of hydroxylamine groups is 3. The standard InChI is InChI=1S/C15H26N4O4/c1-2-3-8-22-19-11-4-5-13(18(10-11)15(19)21)14(20)17-23-12-6-7-16-9-12/h11-13,16H,2-10H2,1H3,(H,17,20)/t11-,12-,13-/m0/s1. The first-order chi connectivity index (χ1) is 11.2. The van der Waals surface area contributed by atoms with Crippen LogP contribution < -0.4 is 10.8 Å². The Morgan fingerprint density at radius 1 is 1.39 bits per heavy atom. The summed E-state index contributed by atoms with van der Waals surface area (Å²) in [5.74, 6) is -0.237.